The van der Waals surface area contributed by atoms with E-state index in [1.807, 2.05) is 0 Å². The van der Waals surface area contributed by atoms with Gasteiger partial charge in [0.1, 0.15) is 6.04 Å². The maximum absolute atomic E-state index is 11.9. The van der Waals surface area contributed by atoms with Crippen LogP contribution in [0.5, 0.6) is 0 Å². The molecule has 0 aliphatic heterocycles. The highest BCUT2D eigenvalue weighted by Crippen LogP contribution is 2.22. The number of carbonyl (C=O) groups excluding carboxylic acids is 2. The lowest BCUT2D eigenvalue weighted by Gasteiger charge is -2.26. The summed E-state index contributed by atoms with van der Waals surface area (Å²) < 4.78 is 4.41. The van der Waals surface area contributed by atoms with Crippen molar-refractivity contribution >= 4 is 18.0 Å². The molecule has 2 amide bonds. The number of carbonyl (C=O) groups is 3. The number of carboxylic acids is 1. The maximum atomic E-state index is 11.9. The van der Waals surface area contributed by atoms with Crippen molar-refractivity contribution in [1.29, 1.82) is 0 Å². The molecule has 0 aromatic carbocycles. The Morgan fingerprint density at radius 3 is 2.42 bits per heavy atom. The van der Waals surface area contributed by atoms with Gasteiger partial charge in [-0.2, -0.15) is 0 Å². The number of carboxylic acid groups (broad SMARTS) is 1. The predicted octanol–water partition coefficient (Wildman–Crippen LogP) is 0.587. The molecule has 19 heavy (non-hydrogen) atoms. The fourth-order valence-corrected chi connectivity index (χ4v) is 2.16. The van der Waals surface area contributed by atoms with E-state index in [9.17, 15) is 14.4 Å². The molecular formula is C12H20N2O5. The quantitative estimate of drug-likeness (QED) is 0.714. The summed E-state index contributed by atoms with van der Waals surface area (Å²) >= 11 is 0. The third-order valence-corrected chi connectivity index (χ3v) is 3.39. The average molecular weight is 272 g/mol. The van der Waals surface area contributed by atoms with E-state index in [-0.39, 0.29) is 12.5 Å². The van der Waals surface area contributed by atoms with E-state index in [0.717, 1.165) is 25.7 Å². The zero-order valence-electron chi connectivity index (χ0n) is 11.2. The first-order valence-corrected chi connectivity index (χ1v) is 6.28. The second-order valence-electron chi connectivity index (χ2n) is 4.67. The Kier molecular flexibility index (Phi) is 5.59. The minimum atomic E-state index is -1.26. The van der Waals surface area contributed by atoms with Gasteiger partial charge in [-0.3, -0.25) is 4.79 Å². The summed E-state index contributed by atoms with van der Waals surface area (Å²) in [6.07, 6.45) is 3.63. The van der Waals surface area contributed by atoms with E-state index in [0.29, 0.717) is 0 Å². The van der Waals surface area contributed by atoms with Gasteiger partial charge >= 0.3 is 18.0 Å². The van der Waals surface area contributed by atoms with Crippen molar-refractivity contribution in [3.8, 4) is 0 Å². The first kappa shape index (κ1) is 15.3. The van der Waals surface area contributed by atoms with Crippen LogP contribution in [0.4, 0.5) is 4.79 Å². The second kappa shape index (κ2) is 6.96. The molecule has 1 aliphatic carbocycles. The van der Waals surface area contributed by atoms with Crippen molar-refractivity contribution in [3.05, 3.63) is 0 Å². The highest BCUT2D eigenvalue weighted by Gasteiger charge is 2.28. The summed E-state index contributed by atoms with van der Waals surface area (Å²) in [6, 6.07) is -1.58. The minimum absolute atomic E-state index is 0.146. The van der Waals surface area contributed by atoms with Crippen molar-refractivity contribution in [2.75, 3.05) is 14.2 Å². The van der Waals surface area contributed by atoms with Crippen LogP contribution in [0.1, 0.15) is 32.1 Å². The molecule has 1 rings (SSSR count). The Hall–Kier alpha value is -1.79. The van der Waals surface area contributed by atoms with Gasteiger partial charge in [-0.05, 0) is 12.8 Å². The van der Waals surface area contributed by atoms with E-state index in [2.05, 4.69) is 10.1 Å². The molecule has 1 fully saturated rings. The van der Waals surface area contributed by atoms with E-state index in [1.165, 1.54) is 12.0 Å². The van der Waals surface area contributed by atoms with Crippen LogP contribution in [-0.2, 0) is 14.3 Å². The van der Waals surface area contributed by atoms with Crippen LogP contribution in [0.25, 0.3) is 0 Å². The van der Waals surface area contributed by atoms with Gasteiger partial charge < -0.3 is 20.1 Å². The Morgan fingerprint density at radius 2 is 1.95 bits per heavy atom. The van der Waals surface area contributed by atoms with Gasteiger partial charge in [0.25, 0.3) is 0 Å². The number of nitrogens with zero attached hydrogens (tertiary/aromatic N) is 1. The Balaban J connectivity index is 2.55. The number of hydrogen-bond donors (Lipinski definition) is 2. The number of amides is 2. The Morgan fingerprint density at radius 1 is 1.37 bits per heavy atom. The third-order valence-electron chi connectivity index (χ3n) is 3.39. The SMILES string of the molecule is COC(=O)C[C@H](NC(=O)N(C)C1CCCC1)C(=O)O. The Labute approximate surface area is 111 Å². The van der Waals surface area contributed by atoms with Gasteiger partial charge in [-0.1, -0.05) is 12.8 Å². The summed E-state index contributed by atoms with van der Waals surface area (Å²) in [5.41, 5.74) is 0. The van der Waals surface area contributed by atoms with Crippen LogP contribution >= 0.6 is 0 Å². The first-order valence-electron chi connectivity index (χ1n) is 6.28. The molecule has 0 bridgehead atoms. The molecule has 1 saturated carbocycles. The fourth-order valence-electron chi connectivity index (χ4n) is 2.16. The lowest BCUT2D eigenvalue weighted by Crippen LogP contribution is -2.50. The van der Waals surface area contributed by atoms with Crippen LogP contribution in [0.2, 0.25) is 0 Å². The summed E-state index contributed by atoms with van der Waals surface area (Å²) in [6.45, 7) is 0. The fraction of sp³-hybridized carbons (Fsp3) is 0.750. The molecule has 2 N–H and O–H groups in total. The van der Waals surface area contributed by atoms with Gasteiger partial charge in [0.15, 0.2) is 0 Å². The average Bonchev–Trinajstić information content (AvgIpc) is 2.90. The molecule has 0 unspecified atom stereocenters. The van der Waals surface area contributed by atoms with Crippen molar-refractivity contribution in [1.82, 2.24) is 10.2 Å². The van der Waals surface area contributed by atoms with Crippen molar-refractivity contribution in [2.24, 2.45) is 0 Å². The van der Waals surface area contributed by atoms with E-state index in [4.69, 9.17) is 5.11 Å². The number of hydrogen-bond acceptors (Lipinski definition) is 4. The molecule has 0 saturated heterocycles. The standard InChI is InChI=1S/C12H20N2O5/c1-14(8-5-3-4-6-8)12(18)13-9(11(16)17)7-10(15)19-2/h8-9H,3-7H2,1-2H3,(H,13,18)(H,16,17)/t9-/m0/s1. The van der Waals surface area contributed by atoms with Crippen LogP contribution in [0, 0.1) is 0 Å². The molecule has 1 aliphatic rings. The molecule has 7 heteroatoms. The molecule has 0 aromatic rings. The Bertz CT molecular complexity index is 352. The highest BCUT2D eigenvalue weighted by atomic mass is 16.5. The topological polar surface area (TPSA) is 95.9 Å². The molecule has 7 nitrogen and oxygen atoms in total. The molecular weight excluding hydrogens is 252 g/mol. The molecule has 0 heterocycles. The largest absolute Gasteiger partial charge is 0.480 e. The van der Waals surface area contributed by atoms with Gasteiger partial charge in [-0.15, -0.1) is 0 Å². The van der Waals surface area contributed by atoms with E-state index in [1.54, 1.807) is 7.05 Å². The zero-order valence-corrected chi connectivity index (χ0v) is 11.2. The summed E-state index contributed by atoms with van der Waals surface area (Å²) in [5.74, 6) is -1.92. The summed E-state index contributed by atoms with van der Waals surface area (Å²) in [4.78, 5) is 35.5. The van der Waals surface area contributed by atoms with Crippen LogP contribution < -0.4 is 5.32 Å². The van der Waals surface area contributed by atoms with Crippen molar-refractivity contribution in [2.45, 2.75) is 44.2 Å². The second-order valence-corrected chi connectivity index (χ2v) is 4.67. The van der Waals surface area contributed by atoms with E-state index >= 15 is 0 Å². The van der Waals surface area contributed by atoms with Crippen LogP contribution in [0.15, 0.2) is 0 Å². The monoisotopic (exact) mass is 272 g/mol. The van der Waals surface area contributed by atoms with Crippen molar-refractivity contribution < 1.29 is 24.2 Å². The maximum Gasteiger partial charge on any atom is 0.326 e. The number of esters is 1. The number of methoxy groups -OCH3 is 1. The summed E-state index contributed by atoms with van der Waals surface area (Å²) in [5, 5.41) is 11.3. The number of aliphatic carboxylic acids is 1. The molecule has 1 atom stereocenters. The van der Waals surface area contributed by atoms with Crippen molar-refractivity contribution in [3.63, 3.8) is 0 Å². The summed E-state index contributed by atoms with van der Waals surface area (Å²) in [7, 11) is 2.82. The van der Waals surface area contributed by atoms with Crippen LogP contribution in [-0.4, -0.2) is 54.2 Å². The van der Waals surface area contributed by atoms with Gasteiger partial charge in [0, 0.05) is 13.1 Å². The number of rotatable bonds is 5. The predicted molar refractivity (Wildman–Crippen MR) is 66.6 cm³/mol. The number of nitrogens with one attached hydrogen (secondary N) is 1. The van der Waals surface area contributed by atoms with Crippen LogP contribution in [0.3, 0.4) is 0 Å². The smallest absolute Gasteiger partial charge is 0.326 e. The normalized spacial score (nSPS) is 16.7. The molecule has 0 spiro atoms. The lowest BCUT2D eigenvalue weighted by atomic mass is 10.2. The molecule has 108 valence electrons. The van der Waals surface area contributed by atoms with E-state index < -0.39 is 24.0 Å². The lowest BCUT2D eigenvalue weighted by molar-refractivity contribution is -0.147. The van der Waals surface area contributed by atoms with Gasteiger partial charge in [0.05, 0.1) is 13.5 Å². The van der Waals surface area contributed by atoms with Gasteiger partial charge in [-0.25, -0.2) is 9.59 Å². The number of ether oxygens (including phenoxy) is 1. The highest BCUT2D eigenvalue weighted by molar-refractivity contribution is 5.86. The molecule has 0 radical (unpaired) electrons. The third kappa shape index (κ3) is 4.42. The molecule has 0 aromatic heterocycles. The first-order chi connectivity index (χ1) is 8.95. The number of urea groups is 1. The minimum Gasteiger partial charge on any atom is -0.480 e. The zero-order chi connectivity index (χ0) is 14.4. The van der Waals surface area contributed by atoms with Gasteiger partial charge in [0.2, 0.25) is 0 Å².